The van der Waals surface area contributed by atoms with Crippen molar-refractivity contribution in [3.63, 3.8) is 0 Å². The van der Waals surface area contributed by atoms with Crippen LogP contribution in [0.1, 0.15) is 5.56 Å². The first-order valence-electron chi connectivity index (χ1n) is 5.15. The maximum atomic E-state index is 5.98. The molecule has 0 aliphatic heterocycles. The minimum Gasteiger partial charge on any atom is -0.397 e. The van der Waals surface area contributed by atoms with E-state index < -0.39 is 0 Å². The molecule has 3 N–H and O–H groups in total. The third kappa shape index (κ3) is 2.64. The second-order valence-electron chi connectivity index (χ2n) is 3.76. The molecule has 0 aliphatic rings. The van der Waals surface area contributed by atoms with Crippen molar-refractivity contribution in [1.29, 1.82) is 0 Å². The average molecular weight is 356 g/mol. The number of halogens is 2. The third-order valence-corrected chi connectivity index (χ3v) is 3.84. The van der Waals surface area contributed by atoms with Crippen LogP contribution in [0.5, 0.6) is 0 Å². The summed E-state index contributed by atoms with van der Waals surface area (Å²) in [6, 6.07) is 11.8. The van der Waals surface area contributed by atoms with Crippen LogP contribution in [0.4, 0.5) is 17.1 Å². The maximum absolute atomic E-state index is 5.98. The van der Waals surface area contributed by atoms with E-state index in [1.54, 1.807) is 0 Å². The smallest absolute Gasteiger partial charge is 0.0673 e. The van der Waals surface area contributed by atoms with Gasteiger partial charge >= 0.3 is 0 Å². The van der Waals surface area contributed by atoms with Gasteiger partial charge in [-0.05, 0) is 62.5 Å². The Kier molecular flexibility index (Phi) is 3.74. The molecule has 17 heavy (non-hydrogen) atoms. The molecule has 0 fully saturated rings. The van der Waals surface area contributed by atoms with Gasteiger partial charge in [-0.1, -0.05) is 18.2 Å². The molecule has 2 nitrogen and oxygen atoms in total. The second-order valence-corrected chi connectivity index (χ2v) is 5.47. The molecular weight excluding hydrogens is 344 g/mol. The number of para-hydroxylation sites is 2. The van der Waals surface area contributed by atoms with E-state index in [0.717, 1.165) is 31.6 Å². The highest BCUT2D eigenvalue weighted by Gasteiger charge is 2.08. The van der Waals surface area contributed by atoms with Crippen molar-refractivity contribution in [2.45, 2.75) is 6.92 Å². The van der Waals surface area contributed by atoms with E-state index >= 15 is 0 Å². The van der Waals surface area contributed by atoms with Crippen molar-refractivity contribution in [3.8, 4) is 0 Å². The van der Waals surface area contributed by atoms with Gasteiger partial charge in [0.05, 0.1) is 17.1 Å². The number of nitrogen functional groups attached to an aromatic ring is 1. The van der Waals surface area contributed by atoms with Crippen LogP contribution < -0.4 is 11.1 Å². The zero-order chi connectivity index (χ0) is 12.4. The van der Waals surface area contributed by atoms with E-state index in [2.05, 4.69) is 37.2 Å². The Morgan fingerprint density at radius 2 is 1.53 bits per heavy atom. The Morgan fingerprint density at radius 1 is 0.941 bits per heavy atom. The molecule has 0 atom stereocenters. The highest BCUT2D eigenvalue weighted by atomic mass is 79.9. The summed E-state index contributed by atoms with van der Waals surface area (Å²) in [5, 5.41) is 3.36. The van der Waals surface area contributed by atoms with E-state index in [1.807, 2.05) is 43.3 Å². The van der Waals surface area contributed by atoms with E-state index in [0.29, 0.717) is 0 Å². The van der Waals surface area contributed by atoms with Gasteiger partial charge in [-0.15, -0.1) is 0 Å². The number of nitrogens with one attached hydrogen (secondary N) is 1. The fraction of sp³-hybridized carbons (Fsp3) is 0.0769. The van der Waals surface area contributed by atoms with Gasteiger partial charge in [0.1, 0.15) is 0 Å². The van der Waals surface area contributed by atoms with Crippen molar-refractivity contribution in [1.82, 2.24) is 0 Å². The Morgan fingerprint density at radius 3 is 2.12 bits per heavy atom. The lowest BCUT2D eigenvalue weighted by molar-refractivity contribution is 1.42. The van der Waals surface area contributed by atoms with Crippen molar-refractivity contribution < 1.29 is 0 Å². The number of anilines is 3. The maximum Gasteiger partial charge on any atom is 0.0673 e. The van der Waals surface area contributed by atoms with Gasteiger partial charge in [0, 0.05) is 8.95 Å². The van der Waals surface area contributed by atoms with Crippen LogP contribution in [-0.2, 0) is 0 Å². The Labute approximate surface area is 117 Å². The summed E-state index contributed by atoms with van der Waals surface area (Å²) in [5.41, 5.74) is 9.76. The quantitative estimate of drug-likeness (QED) is 0.756. The molecule has 0 aromatic heterocycles. The molecule has 0 saturated heterocycles. The van der Waals surface area contributed by atoms with Crippen LogP contribution in [0, 0.1) is 6.92 Å². The van der Waals surface area contributed by atoms with Crippen LogP contribution in [0.3, 0.4) is 0 Å². The largest absolute Gasteiger partial charge is 0.397 e. The van der Waals surface area contributed by atoms with Gasteiger partial charge in [-0.2, -0.15) is 0 Å². The van der Waals surface area contributed by atoms with Gasteiger partial charge in [-0.25, -0.2) is 0 Å². The molecular formula is C13H12Br2N2. The van der Waals surface area contributed by atoms with Crippen LogP contribution in [-0.4, -0.2) is 0 Å². The summed E-state index contributed by atoms with van der Waals surface area (Å²) < 4.78 is 1.99. The first-order valence-corrected chi connectivity index (χ1v) is 6.74. The Balaban J connectivity index is 2.45. The predicted octanol–water partition coefficient (Wildman–Crippen LogP) is 4.85. The highest BCUT2D eigenvalue weighted by Crippen LogP contribution is 2.35. The van der Waals surface area contributed by atoms with Gasteiger partial charge < -0.3 is 11.1 Å². The Bertz CT molecular complexity index is 463. The zero-order valence-electron chi connectivity index (χ0n) is 9.30. The van der Waals surface area contributed by atoms with Crippen LogP contribution >= 0.6 is 31.9 Å². The van der Waals surface area contributed by atoms with Gasteiger partial charge in [0.2, 0.25) is 0 Å². The predicted molar refractivity (Wildman–Crippen MR) is 80.7 cm³/mol. The lowest BCUT2D eigenvalue weighted by atomic mass is 10.1. The minimum absolute atomic E-state index is 0.743. The number of nitrogens with two attached hydrogens (primary N) is 1. The lowest BCUT2D eigenvalue weighted by Crippen LogP contribution is -1.99. The van der Waals surface area contributed by atoms with Crippen molar-refractivity contribution in [3.05, 3.63) is 50.9 Å². The molecule has 0 saturated carbocycles. The van der Waals surface area contributed by atoms with E-state index in [-0.39, 0.29) is 0 Å². The first-order chi connectivity index (χ1) is 8.09. The van der Waals surface area contributed by atoms with E-state index in [9.17, 15) is 0 Å². The number of benzene rings is 2. The van der Waals surface area contributed by atoms with Crippen molar-refractivity contribution >= 4 is 48.9 Å². The molecule has 0 unspecified atom stereocenters. The van der Waals surface area contributed by atoms with Crippen molar-refractivity contribution in [2.24, 2.45) is 0 Å². The topological polar surface area (TPSA) is 38.0 Å². The lowest BCUT2D eigenvalue weighted by Gasteiger charge is -2.14. The summed E-state index contributed by atoms with van der Waals surface area (Å²) in [6.07, 6.45) is 0. The number of rotatable bonds is 2. The highest BCUT2D eigenvalue weighted by molar-refractivity contribution is 9.11. The normalized spacial score (nSPS) is 10.3. The van der Waals surface area contributed by atoms with Crippen LogP contribution in [0.15, 0.2) is 45.3 Å². The third-order valence-electron chi connectivity index (χ3n) is 2.52. The number of aryl methyl sites for hydroxylation is 1. The zero-order valence-corrected chi connectivity index (χ0v) is 12.5. The molecule has 4 heteroatoms. The van der Waals surface area contributed by atoms with E-state index in [1.165, 1.54) is 0 Å². The molecule has 0 radical (unpaired) electrons. The molecule has 0 bridgehead atoms. The summed E-state index contributed by atoms with van der Waals surface area (Å²) >= 11 is 7.04. The summed E-state index contributed by atoms with van der Waals surface area (Å²) in [6.45, 7) is 2.03. The van der Waals surface area contributed by atoms with Gasteiger partial charge in [-0.3, -0.25) is 0 Å². The molecule has 0 aliphatic carbocycles. The molecule has 0 heterocycles. The van der Waals surface area contributed by atoms with Gasteiger partial charge in [0.25, 0.3) is 0 Å². The van der Waals surface area contributed by atoms with Crippen molar-refractivity contribution in [2.75, 3.05) is 11.1 Å². The standard InChI is InChI=1S/C13H12Br2N2/c1-8-4-2-7-11(16)12(8)17-13-9(14)5-3-6-10(13)15/h2-7,17H,16H2,1H3. The monoisotopic (exact) mass is 354 g/mol. The summed E-state index contributed by atoms with van der Waals surface area (Å²) in [4.78, 5) is 0. The van der Waals surface area contributed by atoms with E-state index in [4.69, 9.17) is 5.73 Å². The first kappa shape index (κ1) is 12.5. The molecule has 2 aromatic rings. The van der Waals surface area contributed by atoms with Gasteiger partial charge in [0.15, 0.2) is 0 Å². The minimum atomic E-state index is 0.743. The number of hydrogen-bond acceptors (Lipinski definition) is 2. The molecule has 2 aromatic carbocycles. The second kappa shape index (κ2) is 5.10. The molecule has 0 amide bonds. The summed E-state index contributed by atoms with van der Waals surface area (Å²) in [7, 11) is 0. The fourth-order valence-electron chi connectivity index (χ4n) is 1.60. The fourth-order valence-corrected chi connectivity index (χ4v) is 2.80. The molecule has 88 valence electrons. The van der Waals surface area contributed by atoms with Crippen LogP contribution in [0.2, 0.25) is 0 Å². The number of hydrogen-bond donors (Lipinski definition) is 2. The Hall–Kier alpha value is -1.000. The SMILES string of the molecule is Cc1cccc(N)c1Nc1c(Br)cccc1Br. The summed E-state index contributed by atoms with van der Waals surface area (Å²) in [5.74, 6) is 0. The molecule has 2 rings (SSSR count). The average Bonchev–Trinajstić information content (AvgIpc) is 2.27. The van der Waals surface area contributed by atoms with Crippen LogP contribution in [0.25, 0.3) is 0 Å². The molecule has 0 spiro atoms.